The summed E-state index contributed by atoms with van der Waals surface area (Å²) >= 11 is 1.78. The van der Waals surface area contributed by atoms with Crippen molar-refractivity contribution >= 4 is 17.2 Å². The van der Waals surface area contributed by atoms with Gasteiger partial charge in [-0.1, -0.05) is 0 Å². The second-order valence-corrected chi connectivity index (χ2v) is 4.80. The highest BCUT2D eigenvalue weighted by Crippen LogP contribution is 2.20. The van der Waals surface area contributed by atoms with Crippen LogP contribution in [0.5, 0.6) is 0 Å². The van der Waals surface area contributed by atoms with Crippen molar-refractivity contribution in [2.75, 3.05) is 6.54 Å². The standard InChI is InChI=1S/C10H13NOS/c1-8-4-5-9(13-8)7-11-6-2-3-10(11)12/h4-5H,2-3,6-7H2,1H3. The Kier molecular flexibility index (Phi) is 2.36. The average molecular weight is 195 g/mol. The first-order valence-electron chi connectivity index (χ1n) is 4.59. The third-order valence-corrected chi connectivity index (χ3v) is 3.30. The van der Waals surface area contributed by atoms with Crippen LogP contribution < -0.4 is 0 Å². The van der Waals surface area contributed by atoms with Gasteiger partial charge in [-0.2, -0.15) is 0 Å². The highest BCUT2D eigenvalue weighted by Gasteiger charge is 2.20. The van der Waals surface area contributed by atoms with Gasteiger partial charge >= 0.3 is 0 Å². The van der Waals surface area contributed by atoms with E-state index in [4.69, 9.17) is 0 Å². The zero-order valence-corrected chi connectivity index (χ0v) is 8.56. The van der Waals surface area contributed by atoms with Crippen molar-refractivity contribution in [3.63, 3.8) is 0 Å². The molecule has 0 aliphatic carbocycles. The lowest BCUT2D eigenvalue weighted by molar-refractivity contribution is -0.128. The van der Waals surface area contributed by atoms with Crippen LogP contribution in [0.1, 0.15) is 22.6 Å². The number of likely N-dealkylation sites (tertiary alicyclic amines) is 1. The lowest BCUT2D eigenvalue weighted by Crippen LogP contribution is -2.23. The molecule has 70 valence electrons. The Hall–Kier alpha value is -0.830. The van der Waals surface area contributed by atoms with Gasteiger partial charge in [0.15, 0.2) is 0 Å². The Balaban J connectivity index is 2.01. The predicted octanol–water partition coefficient (Wildman–Crippen LogP) is 2.18. The van der Waals surface area contributed by atoms with Gasteiger partial charge in [-0.3, -0.25) is 4.79 Å². The number of carbonyl (C=O) groups is 1. The summed E-state index contributed by atoms with van der Waals surface area (Å²) in [5, 5.41) is 0. The molecule has 2 heterocycles. The van der Waals surface area contributed by atoms with Gasteiger partial charge in [-0.25, -0.2) is 0 Å². The maximum absolute atomic E-state index is 11.3. The Bertz CT molecular complexity index is 318. The van der Waals surface area contributed by atoms with Crippen molar-refractivity contribution in [3.8, 4) is 0 Å². The molecule has 0 bridgehead atoms. The van der Waals surface area contributed by atoms with Crippen LogP contribution in [0.2, 0.25) is 0 Å². The fraction of sp³-hybridized carbons (Fsp3) is 0.500. The first-order chi connectivity index (χ1) is 6.25. The molecular formula is C10H13NOS. The van der Waals surface area contributed by atoms with E-state index in [0.717, 1.165) is 25.9 Å². The smallest absolute Gasteiger partial charge is 0.222 e. The van der Waals surface area contributed by atoms with Gasteiger partial charge in [0.1, 0.15) is 0 Å². The van der Waals surface area contributed by atoms with E-state index in [2.05, 4.69) is 19.1 Å². The summed E-state index contributed by atoms with van der Waals surface area (Å²) in [4.78, 5) is 15.9. The number of aryl methyl sites for hydroxylation is 1. The quantitative estimate of drug-likeness (QED) is 0.708. The SMILES string of the molecule is Cc1ccc(CN2CCCC2=O)s1. The Labute approximate surface area is 82.2 Å². The van der Waals surface area contributed by atoms with Crippen molar-refractivity contribution in [3.05, 3.63) is 21.9 Å². The van der Waals surface area contributed by atoms with E-state index in [9.17, 15) is 4.79 Å². The molecule has 0 unspecified atom stereocenters. The monoisotopic (exact) mass is 195 g/mol. The molecule has 3 heteroatoms. The van der Waals surface area contributed by atoms with E-state index < -0.39 is 0 Å². The van der Waals surface area contributed by atoms with Crippen molar-refractivity contribution in [1.29, 1.82) is 0 Å². The van der Waals surface area contributed by atoms with Crippen LogP contribution in [-0.2, 0) is 11.3 Å². The highest BCUT2D eigenvalue weighted by molar-refractivity contribution is 7.11. The van der Waals surface area contributed by atoms with Gasteiger partial charge in [-0.05, 0) is 25.5 Å². The third kappa shape index (κ3) is 1.91. The summed E-state index contributed by atoms with van der Waals surface area (Å²) in [6.07, 6.45) is 1.77. The average Bonchev–Trinajstić information content (AvgIpc) is 2.64. The molecule has 2 nitrogen and oxygen atoms in total. The number of hydrogen-bond acceptors (Lipinski definition) is 2. The minimum atomic E-state index is 0.311. The molecular weight excluding hydrogens is 182 g/mol. The fourth-order valence-electron chi connectivity index (χ4n) is 1.63. The molecule has 0 atom stereocenters. The van der Waals surface area contributed by atoms with Crippen LogP contribution in [0, 0.1) is 6.92 Å². The van der Waals surface area contributed by atoms with Crippen molar-refractivity contribution < 1.29 is 4.79 Å². The molecule has 1 saturated heterocycles. The second-order valence-electron chi connectivity index (χ2n) is 3.43. The van der Waals surface area contributed by atoms with Crippen LogP contribution in [-0.4, -0.2) is 17.4 Å². The lowest BCUT2D eigenvalue weighted by atomic mass is 10.4. The van der Waals surface area contributed by atoms with E-state index in [1.54, 1.807) is 11.3 Å². The number of rotatable bonds is 2. The number of carbonyl (C=O) groups excluding carboxylic acids is 1. The van der Waals surface area contributed by atoms with Crippen molar-refractivity contribution in [2.24, 2.45) is 0 Å². The largest absolute Gasteiger partial charge is 0.338 e. The van der Waals surface area contributed by atoms with E-state index in [0.29, 0.717) is 5.91 Å². The lowest BCUT2D eigenvalue weighted by Gasteiger charge is -2.13. The second kappa shape index (κ2) is 3.50. The number of thiophene rings is 1. The highest BCUT2D eigenvalue weighted by atomic mass is 32.1. The zero-order valence-electron chi connectivity index (χ0n) is 7.75. The molecule has 1 aliphatic rings. The molecule has 0 radical (unpaired) electrons. The molecule has 2 rings (SSSR count). The number of nitrogens with zero attached hydrogens (tertiary/aromatic N) is 1. The van der Waals surface area contributed by atoms with Gasteiger partial charge in [-0.15, -0.1) is 11.3 Å². The van der Waals surface area contributed by atoms with Gasteiger partial charge < -0.3 is 4.90 Å². The van der Waals surface area contributed by atoms with Gasteiger partial charge in [0.05, 0.1) is 6.54 Å². The topological polar surface area (TPSA) is 20.3 Å². The third-order valence-electron chi connectivity index (χ3n) is 2.31. The number of hydrogen-bond donors (Lipinski definition) is 0. The number of amides is 1. The van der Waals surface area contributed by atoms with Crippen LogP contribution in [0.3, 0.4) is 0 Å². The first-order valence-corrected chi connectivity index (χ1v) is 5.40. The van der Waals surface area contributed by atoms with Gasteiger partial charge in [0.2, 0.25) is 5.91 Å². The summed E-state index contributed by atoms with van der Waals surface area (Å²) in [6, 6.07) is 4.23. The predicted molar refractivity (Wildman–Crippen MR) is 53.7 cm³/mol. The molecule has 0 N–H and O–H groups in total. The summed E-state index contributed by atoms with van der Waals surface area (Å²) in [6.45, 7) is 3.85. The molecule has 13 heavy (non-hydrogen) atoms. The molecule has 1 aromatic rings. The summed E-state index contributed by atoms with van der Waals surface area (Å²) in [5.74, 6) is 0.311. The van der Waals surface area contributed by atoms with Gasteiger partial charge in [0.25, 0.3) is 0 Å². The van der Waals surface area contributed by atoms with E-state index in [1.807, 2.05) is 4.90 Å². The summed E-state index contributed by atoms with van der Waals surface area (Å²) in [5.41, 5.74) is 0. The maximum atomic E-state index is 11.3. The van der Waals surface area contributed by atoms with Crippen LogP contribution in [0.4, 0.5) is 0 Å². The van der Waals surface area contributed by atoms with Crippen LogP contribution in [0.15, 0.2) is 12.1 Å². The molecule has 0 aromatic carbocycles. The normalized spacial score (nSPS) is 17.0. The first kappa shape index (κ1) is 8.75. The minimum Gasteiger partial charge on any atom is -0.338 e. The molecule has 1 fully saturated rings. The van der Waals surface area contributed by atoms with E-state index in [1.165, 1.54) is 9.75 Å². The van der Waals surface area contributed by atoms with E-state index in [-0.39, 0.29) is 0 Å². The summed E-state index contributed by atoms with van der Waals surface area (Å²) < 4.78 is 0. The maximum Gasteiger partial charge on any atom is 0.222 e. The zero-order chi connectivity index (χ0) is 9.26. The Morgan fingerprint density at radius 1 is 1.54 bits per heavy atom. The van der Waals surface area contributed by atoms with Gasteiger partial charge in [0, 0.05) is 22.7 Å². The Morgan fingerprint density at radius 3 is 2.92 bits per heavy atom. The fourth-order valence-corrected chi connectivity index (χ4v) is 2.54. The molecule has 0 spiro atoms. The van der Waals surface area contributed by atoms with Crippen molar-refractivity contribution in [1.82, 2.24) is 4.90 Å². The minimum absolute atomic E-state index is 0.311. The van der Waals surface area contributed by atoms with E-state index >= 15 is 0 Å². The molecule has 1 aromatic heterocycles. The summed E-state index contributed by atoms with van der Waals surface area (Å²) in [7, 11) is 0. The van der Waals surface area contributed by atoms with Crippen molar-refractivity contribution in [2.45, 2.75) is 26.3 Å². The molecule has 0 saturated carbocycles. The van der Waals surface area contributed by atoms with Crippen LogP contribution >= 0.6 is 11.3 Å². The Morgan fingerprint density at radius 2 is 2.38 bits per heavy atom. The van der Waals surface area contributed by atoms with Crippen LogP contribution in [0.25, 0.3) is 0 Å². The molecule has 1 aliphatic heterocycles. The molecule has 1 amide bonds.